The van der Waals surface area contributed by atoms with Gasteiger partial charge in [-0.1, -0.05) is 29.5 Å². The van der Waals surface area contributed by atoms with Crippen molar-refractivity contribution in [2.24, 2.45) is 0 Å². The molecule has 0 aliphatic rings. The van der Waals surface area contributed by atoms with E-state index in [4.69, 9.17) is 14.9 Å². The quantitative estimate of drug-likeness (QED) is 0.499. The van der Waals surface area contributed by atoms with Crippen LogP contribution in [0.2, 0.25) is 0 Å². The minimum Gasteiger partial charge on any atom is -1.00 e. The van der Waals surface area contributed by atoms with Crippen molar-refractivity contribution >= 4 is 29.9 Å². The first kappa shape index (κ1) is 26.2. The van der Waals surface area contributed by atoms with Gasteiger partial charge in [0.1, 0.15) is 5.75 Å². The molecule has 0 aliphatic carbocycles. The summed E-state index contributed by atoms with van der Waals surface area (Å²) in [5, 5.41) is 9.13. The molecule has 0 N–H and O–H groups in total. The molecule has 130 valence electrons. The smallest absolute Gasteiger partial charge is 1.00 e. The SMILES string of the molecule is CCOc1cc(Sc2ccc(C)cc2)c(OCC)cc1[N+]#N.Cl.[Cl-].[Zn+2]. The molecule has 4 nitrogen and oxygen atoms in total. The van der Waals surface area contributed by atoms with E-state index in [0.29, 0.717) is 30.4 Å². The van der Waals surface area contributed by atoms with E-state index in [0.717, 1.165) is 9.79 Å². The Morgan fingerprint density at radius 2 is 1.56 bits per heavy atom. The Hall–Kier alpha value is -0.987. The van der Waals surface area contributed by atoms with E-state index in [9.17, 15) is 0 Å². The fourth-order valence-corrected chi connectivity index (χ4v) is 2.87. The number of halogens is 2. The van der Waals surface area contributed by atoms with Gasteiger partial charge in [-0.15, -0.1) is 12.4 Å². The zero-order valence-corrected chi connectivity index (χ0v) is 19.8. The van der Waals surface area contributed by atoms with Crippen molar-refractivity contribution in [3.8, 4) is 11.5 Å². The fourth-order valence-electron chi connectivity index (χ4n) is 1.96. The van der Waals surface area contributed by atoms with Gasteiger partial charge in [0.25, 0.3) is 0 Å². The Morgan fingerprint density at radius 1 is 1.00 bits per heavy atom. The molecule has 0 aliphatic heterocycles. The monoisotopic (exact) mass is 450 g/mol. The summed E-state index contributed by atoms with van der Waals surface area (Å²) in [6.45, 7) is 6.92. The molecule has 0 atom stereocenters. The summed E-state index contributed by atoms with van der Waals surface area (Å²) in [4.78, 5) is 5.32. The van der Waals surface area contributed by atoms with Gasteiger partial charge in [0.05, 0.1) is 24.2 Å². The summed E-state index contributed by atoms with van der Waals surface area (Å²) in [5.41, 5.74) is 1.59. The topological polar surface area (TPSA) is 46.6 Å². The Balaban J connectivity index is 0. The van der Waals surface area contributed by atoms with Crippen LogP contribution in [0, 0.1) is 12.3 Å². The van der Waals surface area contributed by atoms with E-state index in [1.807, 2.05) is 19.9 Å². The molecule has 0 bridgehead atoms. The zero-order valence-electron chi connectivity index (χ0n) is 14.5. The van der Waals surface area contributed by atoms with Crippen molar-refractivity contribution in [3.63, 3.8) is 0 Å². The van der Waals surface area contributed by atoms with Crippen LogP contribution in [0.3, 0.4) is 0 Å². The number of rotatable bonds is 6. The fraction of sp³-hybridized carbons (Fsp3) is 0.294. The van der Waals surface area contributed by atoms with E-state index in [1.165, 1.54) is 5.56 Å². The van der Waals surface area contributed by atoms with E-state index in [-0.39, 0.29) is 44.3 Å². The molecular weight excluding hydrogens is 433 g/mol. The van der Waals surface area contributed by atoms with Crippen LogP contribution in [0.1, 0.15) is 19.4 Å². The molecular formula is C17H20Cl2N2O2SZn+2. The number of hydrogen-bond acceptors (Lipinski definition) is 4. The summed E-state index contributed by atoms with van der Waals surface area (Å²) in [6.07, 6.45) is 0. The van der Waals surface area contributed by atoms with Crippen LogP contribution in [-0.2, 0) is 19.5 Å². The molecule has 0 saturated carbocycles. The van der Waals surface area contributed by atoms with Gasteiger partial charge in [-0.05, 0) is 32.9 Å². The van der Waals surface area contributed by atoms with E-state index >= 15 is 0 Å². The summed E-state index contributed by atoms with van der Waals surface area (Å²) < 4.78 is 11.2. The van der Waals surface area contributed by atoms with Gasteiger partial charge in [-0.25, -0.2) is 0 Å². The predicted octanol–water partition coefficient (Wildman–Crippen LogP) is 2.85. The average molecular weight is 453 g/mol. The van der Waals surface area contributed by atoms with E-state index in [1.54, 1.807) is 17.8 Å². The van der Waals surface area contributed by atoms with Gasteiger partial charge in [0, 0.05) is 11.0 Å². The van der Waals surface area contributed by atoms with Gasteiger partial charge < -0.3 is 21.9 Å². The van der Waals surface area contributed by atoms with E-state index < -0.39 is 0 Å². The van der Waals surface area contributed by atoms with Crippen LogP contribution in [0.25, 0.3) is 4.98 Å². The third kappa shape index (κ3) is 7.42. The minimum absolute atomic E-state index is 0. The van der Waals surface area contributed by atoms with Crippen molar-refractivity contribution in [2.45, 2.75) is 30.6 Å². The van der Waals surface area contributed by atoms with Gasteiger partial charge >= 0.3 is 25.2 Å². The predicted molar refractivity (Wildman–Crippen MR) is 96.1 cm³/mol. The maximum absolute atomic E-state index is 9.13. The number of ether oxygens (including phenoxy) is 2. The molecule has 0 amide bonds. The average Bonchev–Trinajstić information content (AvgIpc) is 2.52. The normalized spacial score (nSPS) is 8.88. The largest absolute Gasteiger partial charge is 2.00 e. The molecule has 0 saturated heterocycles. The molecule has 2 aromatic rings. The Morgan fingerprint density at radius 3 is 2.08 bits per heavy atom. The summed E-state index contributed by atoms with van der Waals surface area (Å²) in [5.74, 6) is 1.23. The maximum atomic E-state index is 9.13. The second-order valence-electron chi connectivity index (χ2n) is 4.65. The number of hydrogen-bond donors (Lipinski definition) is 0. The first-order chi connectivity index (χ1) is 10.7. The molecule has 0 unspecified atom stereocenters. The van der Waals surface area contributed by atoms with Gasteiger partial charge in [0.15, 0.2) is 4.98 Å². The summed E-state index contributed by atoms with van der Waals surface area (Å²) in [7, 11) is 0. The van der Waals surface area contributed by atoms with Crippen LogP contribution in [-0.4, -0.2) is 13.2 Å². The summed E-state index contributed by atoms with van der Waals surface area (Å²) in [6, 6.07) is 11.8. The molecule has 2 aromatic carbocycles. The Kier molecular flexibility index (Phi) is 13.9. The van der Waals surface area contributed by atoms with Gasteiger partial charge in [-0.3, -0.25) is 0 Å². The van der Waals surface area contributed by atoms with Crippen molar-refractivity contribution in [1.29, 1.82) is 5.39 Å². The minimum atomic E-state index is 0. The van der Waals surface area contributed by atoms with Crippen molar-refractivity contribution in [1.82, 2.24) is 0 Å². The maximum Gasteiger partial charge on any atom is 2.00 e. The molecule has 0 fully saturated rings. The molecule has 2 rings (SSSR count). The van der Waals surface area contributed by atoms with Crippen molar-refractivity contribution in [2.75, 3.05) is 13.2 Å². The van der Waals surface area contributed by atoms with Crippen LogP contribution >= 0.6 is 24.2 Å². The second kappa shape index (κ2) is 13.2. The third-order valence-corrected chi connectivity index (χ3v) is 4.03. The van der Waals surface area contributed by atoms with Gasteiger partial charge in [0.2, 0.25) is 11.1 Å². The first-order valence-corrected chi connectivity index (χ1v) is 8.02. The zero-order chi connectivity index (χ0) is 15.9. The van der Waals surface area contributed by atoms with Crippen molar-refractivity contribution < 1.29 is 41.4 Å². The first-order valence-electron chi connectivity index (χ1n) is 7.21. The Bertz CT molecular complexity index is 694. The number of nitrogens with zero attached hydrogens (tertiary/aromatic N) is 2. The van der Waals surface area contributed by atoms with Crippen LogP contribution < -0.4 is 21.9 Å². The number of benzene rings is 2. The number of aryl methyl sites for hydroxylation is 1. The third-order valence-electron chi connectivity index (χ3n) is 2.98. The summed E-state index contributed by atoms with van der Waals surface area (Å²) >= 11 is 1.59. The number of diazo groups is 1. The van der Waals surface area contributed by atoms with Crippen LogP contribution in [0.5, 0.6) is 11.5 Å². The molecule has 25 heavy (non-hydrogen) atoms. The van der Waals surface area contributed by atoms with Crippen molar-refractivity contribution in [3.05, 3.63) is 46.9 Å². The standard InChI is InChI=1S/C17H19N2O2S.2ClH.Zn/c1-4-20-15-11-17(16(21-5-2)10-14(15)19-18)22-13-8-6-12(3)7-9-13;;;/h6-11H,4-5H2,1-3H3;2*1H;/q+1;;;+2/p-1. The van der Waals surface area contributed by atoms with Gasteiger partial charge in [-0.2, -0.15) is 0 Å². The molecule has 0 heterocycles. The molecule has 0 radical (unpaired) electrons. The Labute approximate surface area is 178 Å². The second-order valence-corrected chi connectivity index (χ2v) is 5.76. The van der Waals surface area contributed by atoms with E-state index in [2.05, 4.69) is 36.2 Å². The van der Waals surface area contributed by atoms with Crippen LogP contribution in [0.4, 0.5) is 5.69 Å². The molecule has 8 heteroatoms. The van der Waals surface area contributed by atoms with Crippen LogP contribution in [0.15, 0.2) is 46.2 Å². The molecule has 0 aromatic heterocycles. The molecule has 0 spiro atoms.